The number of anilines is 1. The SMILES string of the molecule is Cc1ccc(C=C2SC(NC(=O)Nc3cc(F)c(C)c(F)c3F)=NC2=O)cc1. The molecule has 28 heavy (non-hydrogen) atoms. The summed E-state index contributed by atoms with van der Waals surface area (Å²) in [6.45, 7) is 3.01. The molecular formula is C19H14F3N3O2S. The topological polar surface area (TPSA) is 70.6 Å². The average molecular weight is 405 g/mol. The molecule has 0 bridgehead atoms. The van der Waals surface area contributed by atoms with Crippen LogP contribution in [0.4, 0.5) is 23.7 Å². The molecule has 1 aliphatic heterocycles. The number of thioether (sulfide) groups is 1. The number of aryl methyl sites for hydroxylation is 1. The first-order chi connectivity index (χ1) is 13.2. The number of carbonyl (C=O) groups is 2. The van der Waals surface area contributed by atoms with E-state index in [0.717, 1.165) is 29.8 Å². The van der Waals surface area contributed by atoms with Crippen molar-refractivity contribution in [2.75, 3.05) is 5.32 Å². The first kappa shape index (κ1) is 19.7. The number of nitrogens with zero attached hydrogens (tertiary/aromatic N) is 1. The van der Waals surface area contributed by atoms with Gasteiger partial charge in [-0.2, -0.15) is 4.99 Å². The molecule has 144 valence electrons. The minimum Gasteiger partial charge on any atom is -0.305 e. The van der Waals surface area contributed by atoms with Crippen LogP contribution in [0.2, 0.25) is 0 Å². The van der Waals surface area contributed by atoms with E-state index in [1.54, 1.807) is 6.08 Å². The van der Waals surface area contributed by atoms with Crippen LogP contribution < -0.4 is 10.6 Å². The highest BCUT2D eigenvalue weighted by atomic mass is 32.2. The maximum absolute atomic E-state index is 13.8. The van der Waals surface area contributed by atoms with Crippen molar-refractivity contribution in [3.05, 3.63) is 69.4 Å². The second kappa shape index (κ2) is 7.89. The fourth-order valence-electron chi connectivity index (χ4n) is 2.30. The molecule has 3 rings (SSSR count). The molecule has 5 nitrogen and oxygen atoms in total. The van der Waals surface area contributed by atoms with Crippen molar-refractivity contribution in [3.8, 4) is 0 Å². The maximum Gasteiger partial charge on any atom is 0.325 e. The fourth-order valence-corrected chi connectivity index (χ4v) is 3.11. The van der Waals surface area contributed by atoms with Crippen molar-refractivity contribution in [2.45, 2.75) is 13.8 Å². The third kappa shape index (κ3) is 4.25. The Balaban J connectivity index is 1.68. The minimum absolute atomic E-state index is 0.0330. The fraction of sp³-hybridized carbons (Fsp3) is 0.105. The zero-order chi connectivity index (χ0) is 20.4. The van der Waals surface area contributed by atoms with Gasteiger partial charge in [0.1, 0.15) is 5.82 Å². The molecule has 3 amide bonds. The summed E-state index contributed by atoms with van der Waals surface area (Å²) in [7, 11) is 0. The molecule has 0 aliphatic carbocycles. The lowest BCUT2D eigenvalue weighted by atomic mass is 10.1. The standard InChI is InChI=1S/C19H14F3N3O2S/c1-9-3-5-11(6-4-9)7-14-17(26)24-19(28-14)25-18(27)23-13-8-12(20)10(2)15(21)16(13)22/h3-8H,1-2H3,(H2,23,24,25,26,27). The van der Waals surface area contributed by atoms with E-state index >= 15 is 0 Å². The molecule has 0 saturated carbocycles. The van der Waals surface area contributed by atoms with Gasteiger partial charge >= 0.3 is 6.03 Å². The van der Waals surface area contributed by atoms with Crippen molar-refractivity contribution in [1.82, 2.24) is 5.32 Å². The Bertz CT molecular complexity index is 1030. The second-order valence-corrected chi connectivity index (χ2v) is 7.01. The van der Waals surface area contributed by atoms with E-state index in [-0.39, 0.29) is 10.1 Å². The van der Waals surface area contributed by atoms with Gasteiger partial charge in [-0.1, -0.05) is 29.8 Å². The number of halogens is 3. The molecule has 0 unspecified atom stereocenters. The van der Waals surface area contributed by atoms with Gasteiger partial charge in [0.15, 0.2) is 16.8 Å². The lowest BCUT2D eigenvalue weighted by Gasteiger charge is -2.09. The lowest BCUT2D eigenvalue weighted by Crippen LogP contribution is -2.32. The summed E-state index contributed by atoms with van der Waals surface area (Å²) in [5.41, 5.74) is 0.702. The van der Waals surface area contributed by atoms with E-state index in [1.807, 2.05) is 36.5 Å². The number of urea groups is 1. The van der Waals surface area contributed by atoms with Gasteiger partial charge in [-0.3, -0.25) is 10.1 Å². The van der Waals surface area contributed by atoms with E-state index in [9.17, 15) is 22.8 Å². The van der Waals surface area contributed by atoms with Crippen LogP contribution in [0.5, 0.6) is 0 Å². The van der Waals surface area contributed by atoms with E-state index in [0.29, 0.717) is 6.07 Å². The molecule has 0 saturated heterocycles. The zero-order valence-electron chi connectivity index (χ0n) is 14.8. The first-order valence-corrected chi connectivity index (χ1v) is 8.87. The van der Waals surface area contributed by atoms with Crippen LogP contribution in [0.1, 0.15) is 16.7 Å². The average Bonchev–Trinajstić information content (AvgIpc) is 2.98. The molecule has 2 aromatic rings. The Morgan fingerprint density at radius 1 is 1.07 bits per heavy atom. The monoisotopic (exact) mass is 405 g/mol. The maximum atomic E-state index is 13.8. The molecule has 0 radical (unpaired) electrons. The van der Waals surface area contributed by atoms with Crippen LogP contribution in [0.25, 0.3) is 6.08 Å². The van der Waals surface area contributed by atoms with Gasteiger partial charge in [-0.25, -0.2) is 18.0 Å². The van der Waals surface area contributed by atoms with Crippen molar-refractivity contribution in [2.24, 2.45) is 4.99 Å². The summed E-state index contributed by atoms with van der Waals surface area (Å²) in [5, 5.41) is 4.22. The van der Waals surface area contributed by atoms with Crippen molar-refractivity contribution >= 4 is 40.6 Å². The number of benzene rings is 2. The Hall–Kier alpha value is -3.07. The number of aliphatic imine (C=N–C) groups is 1. The van der Waals surface area contributed by atoms with Gasteiger partial charge in [-0.15, -0.1) is 0 Å². The van der Waals surface area contributed by atoms with E-state index in [4.69, 9.17) is 0 Å². The highest BCUT2D eigenvalue weighted by molar-refractivity contribution is 8.18. The van der Waals surface area contributed by atoms with Gasteiger partial charge in [-0.05, 0) is 37.2 Å². The third-order valence-corrected chi connectivity index (χ3v) is 4.75. The number of hydrogen-bond acceptors (Lipinski definition) is 3. The van der Waals surface area contributed by atoms with Crippen molar-refractivity contribution < 1.29 is 22.8 Å². The molecule has 2 aromatic carbocycles. The normalized spacial score (nSPS) is 15.0. The number of rotatable bonds is 2. The molecule has 1 aliphatic rings. The van der Waals surface area contributed by atoms with Crippen molar-refractivity contribution in [3.63, 3.8) is 0 Å². The Kier molecular flexibility index (Phi) is 5.55. The molecule has 0 atom stereocenters. The second-order valence-electron chi connectivity index (χ2n) is 5.98. The van der Waals surface area contributed by atoms with Crippen LogP contribution in [0, 0.1) is 31.3 Å². The smallest absolute Gasteiger partial charge is 0.305 e. The summed E-state index contributed by atoms with van der Waals surface area (Å²) >= 11 is 0.917. The number of hydrogen-bond donors (Lipinski definition) is 2. The molecule has 9 heteroatoms. The van der Waals surface area contributed by atoms with Crippen LogP contribution in [-0.4, -0.2) is 17.1 Å². The van der Waals surface area contributed by atoms with Crippen molar-refractivity contribution in [1.29, 1.82) is 0 Å². The third-order valence-electron chi connectivity index (χ3n) is 3.85. The highest BCUT2D eigenvalue weighted by Gasteiger charge is 2.24. The van der Waals surface area contributed by atoms with Crippen LogP contribution in [0.3, 0.4) is 0 Å². The number of nitrogens with one attached hydrogen (secondary N) is 2. The van der Waals surface area contributed by atoms with Gasteiger partial charge in [0.2, 0.25) is 0 Å². The molecular weight excluding hydrogens is 391 g/mol. The van der Waals surface area contributed by atoms with E-state index in [1.165, 1.54) is 0 Å². The van der Waals surface area contributed by atoms with E-state index < -0.39 is 40.6 Å². The molecule has 0 aromatic heterocycles. The van der Waals surface area contributed by atoms with Gasteiger partial charge in [0.25, 0.3) is 5.91 Å². The predicted octanol–water partition coefficient (Wildman–Crippen LogP) is 4.51. The highest BCUT2D eigenvalue weighted by Crippen LogP contribution is 2.28. The van der Waals surface area contributed by atoms with E-state index in [2.05, 4.69) is 10.3 Å². The van der Waals surface area contributed by atoms with Gasteiger partial charge in [0.05, 0.1) is 10.6 Å². The predicted molar refractivity (Wildman–Crippen MR) is 102 cm³/mol. The quantitative estimate of drug-likeness (QED) is 0.570. The minimum atomic E-state index is -1.39. The summed E-state index contributed by atoms with van der Waals surface area (Å²) in [6, 6.07) is 7.12. The molecule has 0 fully saturated rings. The van der Waals surface area contributed by atoms with Crippen LogP contribution in [-0.2, 0) is 4.79 Å². The lowest BCUT2D eigenvalue weighted by molar-refractivity contribution is -0.113. The van der Waals surface area contributed by atoms with Gasteiger partial charge in [0, 0.05) is 11.6 Å². The largest absolute Gasteiger partial charge is 0.325 e. The zero-order valence-corrected chi connectivity index (χ0v) is 15.6. The summed E-state index contributed by atoms with van der Waals surface area (Å²) in [4.78, 5) is 27.9. The van der Waals surface area contributed by atoms with Crippen LogP contribution >= 0.6 is 11.8 Å². The molecule has 0 spiro atoms. The first-order valence-electron chi connectivity index (χ1n) is 8.06. The summed E-state index contributed by atoms with van der Waals surface area (Å²) in [5.74, 6) is -4.31. The summed E-state index contributed by atoms with van der Waals surface area (Å²) in [6.07, 6.45) is 1.62. The Labute approximate surface area is 162 Å². The van der Waals surface area contributed by atoms with Crippen LogP contribution in [0.15, 0.2) is 40.2 Å². The number of amides is 3. The molecule has 2 N–H and O–H groups in total. The van der Waals surface area contributed by atoms with Gasteiger partial charge < -0.3 is 5.32 Å². The summed E-state index contributed by atoms with van der Waals surface area (Å²) < 4.78 is 41.0. The number of carbonyl (C=O) groups excluding carboxylic acids is 2. The Morgan fingerprint density at radius 3 is 2.43 bits per heavy atom. The Morgan fingerprint density at radius 2 is 1.75 bits per heavy atom. The number of amidine groups is 1. The molecule has 1 heterocycles.